The van der Waals surface area contributed by atoms with E-state index >= 15 is 0 Å². The van der Waals surface area contributed by atoms with E-state index in [0.29, 0.717) is 11.3 Å². The van der Waals surface area contributed by atoms with Gasteiger partial charge in [0.05, 0.1) is 5.57 Å². The van der Waals surface area contributed by atoms with Crippen molar-refractivity contribution in [2.75, 3.05) is 26.2 Å². The highest BCUT2D eigenvalue weighted by Crippen LogP contribution is 2.37. The van der Waals surface area contributed by atoms with Crippen molar-refractivity contribution >= 4 is 28.7 Å². The molecular formula is C26H31N3O2S. The molecule has 3 heterocycles. The largest absolute Gasteiger partial charge is 0.364 e. The van der Waals surface area contributed by atoms with Crippen LogP contribution in [0.25, 0.3) is 5.57 Å². The van der Waals surface area contributed by atoms with Gasteiger partial charge >= 0.3 is 0 Å². The molecule has 168 valence electrons. The zero-order valence-electron chi connectivity index (χ0n) is 18.5. The number of imide groups is 1. The summed E-state index contributed by atoms with van der Waals surface area (Å²) in [7, 11) is 0. The number of thiophene rings is 1. The number of amides is 2. The van der Waals surface area contributed by atoms with Gasteiger partial charge in [0, 0.05) is 43.6 Å². The van der Waals surface area contributed by atoms with Crippen molar-refractivity contribution in [1.29, 1.82) is 0 Å². The number of carbonyl (C=O) groups excluding carboxylic acids is 2. The maximum Gasteiger partial charge on any atom is 0.278 e. The van der Waals surface area contributed by atoms with E-state index in [0.717, 1.165) is 63.3 Å². The number of carbonyl (C=O) groups is 2. The molecule has 1 aliphatic carbocycles. The standard InChI is InChI=1S/C26H31N3O2S/c30-25-23(22-13-8-18-32-22)24(26(31)29(25)21-11-6-1-2-7-12-21)28-16-14-27(15-17-28)19-20-9-4-3-5-10-20/h3-5,8-10,13,18,21H,1-2,6-7,11-12,14-17,19H2. The Kier molecular flexibility index (Phi) is 6.42. The van der Waals surface area contributed by atoms with Crippen LogP contribution in [-0.2, 0) is 16.1 Å². The Morgan fingerprint density at radius 1 is 0.812 bits per heavy atom. The van der Waals surface area contributed by atoms with E-state index in [-0.39, 0.29) is 17.9 Å². The summed E-state index contributed by atoms with van der Waals surface area (Å²) in [6.07, 6.45) is 6.48. The first-order valence-electron chi connectivity index (χ1n) is 11.9. The first kappa shape index (κ1) is 21.4. The Balaban J connectivity index is 1.36. The zero-order chi connectivity index (χ0) is 21.9. The lowest BCUT2D eigenvalue weighted by molar-refractivity contribution is -0.140. The monoisotopic (exact) mass is 449 g/mol. The molecular weight excluding hydrogens is 418 g/mol. The van der Waals surface area contributed by atoms with Crippen molar-refractivity contribution in [3.8, 4) is 0 Å². The van der Waals surface area contributed by atoms with Gasteiger partial charge in [-0.3, -0.25) is 19.4 Å². The van der Waals surface area contributed by atoms with Gasteiger partial charge in [0.25, 0.3) is 11.8 Å². The van der Waals surface area contributed by atoms with Crippen LogP contribution in [0.5, 0.6) is 0 Å². The second kappa shape index (κ2) is 9.59. The molecule has 5 rings (SSSR count). The predicted octanol–water partition coefficient (Wildman–Crippen LogP) is 4.37. The highest BCUT2D eigenvalue weighted by molar-refractivity contribution is 7.11. The number of hydrogen-bond donors (Lipinski definition) is 0. The lowest BCUT2D eigenvalue weighted by atomic mass is 10.1. The summed E-state index contributed by atoms with van der Waals surface area (Å²) in [4.78, 5) is 34.4. The number of nitrogens with zero attached hydrogens (tertiary/aromatic N) is 3. The van der Waals surface area contributed by atoms with Crippen molar-refractivity contribution in [1.82, 2.24) is 14.7 Å². The molecule has 1 saturated heterocycles. The molecule has 2 fully saturated rings. The summed E-state index contributed by atoms with van der Waals surface area (Å²) in [6.45, 7) is 4.25. The van der Waals surface area contributed by atoms with Crippen LogP contribution >= 0.6 is 11.3 Å². The molecule has 0 bridgehead atoms. The second-order valence-corrected chi connectivity index (χ2v) is 10.0. The van der Waals surface area contributed by atoms with Crippen LogP contribution in [0.15, 0.2) is 53.5 Å². The van der Waals surface area contributed by atoms with Crippen LogP contribution in [0.1, 0.15) is 49.0 Å². The van der Waals surface area contributed by atoms with Crippen LogP contribution in [0.3, 0.4) is 0 Å². The van der Waals surface area contributed by atoms with Gasteiger partial charge in [-0.25, -0.2) is 0 Å². The third-order valence-corrected chi connectivity index (χ3v) is 7.87. The quantitative estimate of drug-likeness (QED) is 0.502. The molecule has 6 heteroatoms. The van der Waals surface area contributed by atoms with E-state index in [9.17, 15) is 9.59 Å². The second-order valence-electron chi connectivity index (χ2n) is 9.08. The zero-order valence-corrected chi connectivity index (χ0v) is 19.4. The predicted molar refractivity (Wildman–Crippen MR) is 128 cm³/mol. The fourth-order valence-corrected chi connectivity index (χ4v) is 6.05. The molecule has 5 nitrogen and oxygen atoms in total. The normalized spacial score (nSPS) is 21.5. The van der Waals surface area contributed by atoms with Gasteiger partial charge in [0.15, 0.2) is 0 Å². The molecule has 2 aliphatic heterocycles. The highest BCUT2D eigenvalue weighted by atomic mass is 32.1. The van der Waals surface area contributed by atoms with Crippen LogP contribution in [0.2, 0.25) is 0 Å². The lowest BCUT2D eigenvalue weighted by Crippen LogP contribution is -2.48. The first-order chi connectivity index (χ1) is 15.7. The fourth-order valence-electron chi connectivity index (χ4n) is 5.29. The summed E-state index contributed by atoms with van der Waals surface area (Å²) >= 11 is 1.55. The Labute approximate surface area is 194 Å². The average molecular weight is 450 g/mol. The van der Waals surface area contributed by atoms with Gasteiger partial charge in [-0.05, 0) is 29.9 Å². The van der Waals surface area contributed by atoms with Crippen molar-refractivity contribution in [3.05, 3.63) is 64.0 Å². The number of hydrogen-bond acceptors (Lipinski definition) is 5. The minimum Gasteiger partial charge on any atom is -0.364 e. The number of rotatable bonds is 5. The molecule has 32 heavy (non-hydrogen) atoms. The molecule has 0 atom stereocenters. The Morgan fingerprint density at radius 3 is 2.19 bits per heavy atom. The molecule has 0 spiro atoms. The molecule has 1 aromatic carbocycles. The molecule has 3 aliphatic rings. The molecule has 1 saturated carbocycles. The van der Waals surface area contributed by atoms with Gasteiger partial charge in [0.2, 0.25) is 0 Å². The Hall–Kier alpha value is -2.44. The molecule has 0 unspecified atom stereocenters. The third kappa shape index (κ3) is 4.26. The van der Waals surface area contributed by atoms with E-state index in [1.807, 2.05) is 23.6 Å². The van der Waals surface area contributed by atoms with E-state index in [2.05, 4.69) is 34.1 Å². The van der Waals surface area contributed by atoms with Crippen molar-refractivity contribution in [3.63, 3.8) is 0 Å². The average Bonchev–Trinajstić information content (AvgIpc) is 3.32. The molecule has 2 aromatic rings. The summed E-state index contributed by atoms with van der Waals surface area (Å²) < 4.78 is 0. The smallest absolute Gasteiger partial charge is 0.278 e. The van der Waals surface area contributed by atoms with Gasteiger partial charge in [-0.15, -0.1) is 11.3 Å². The lowest BCUT2D eigenvalue weighted by Gasteiger charge is -2.36. The van der Waals surface area contributed by atoms with Crippen LogP contribution < -0.4 is 0 Å². The van der Waals surface area contributed by atoms with E-state index in [1.165, 1.54) is 18.4 Å². The van der Waals surface area contributed by atoms with Crippen molar-refractivity contribution in [2.24, 2.45) is 0 Å². The summed E-state index contributed by atoms with van der Waals surface area (Å²) in [5, 5.41) is 1.99. The molecule has 1 aromatic heterocycles. The Morgan fingerprint density at radius 2 is 1.53 bits per heavy atom. The van der Waals surface area contributed by atoms with Gasteiger partial charge < -0.3 is 4.90 Å². The molecule has 0 radical (unpaired) electrons. The minimum atomic E-state index is -0.0777. The van der Waals surface area contributed by atoms with Crippen LogP contribution in [0.4, 0.5) is 0 Å². The maximum absolute atomic E-state index is 13.7. The van der Waals surface area contributed by atoms with Crippen molar-refractivity contribution < 1.29 is 9.59 Å². The molecule has 2 amide bonds. The maximum atomic E-state index is 13.7. The van der Waals surface area contributed by atoms with E-state index < -0.39 is 0 Å². The number of piperazine rings is 1. The highest BCUT2D eigenvalue weighted by Gasteiger charge is 2.45. The summed E-state index contributed by atoms with van der Waals surface area (Å²) in [5.74, 6) is -0.145. The fraction of sp³-hybridized carbons (Fsp3) is 0.462. The SMILES string of the molecule is O=C1C(c2cccs2)=C(N2CCN(Cc3ccccc3)CC2)C(=O)N1C1CCCCCC1. The summed E-state index contributed by atoms with van der Waals surface area (Å²) in [5.41, 5.74) is 2.58. The number of benzene rings is 1. The van der Waals surface area contributed by atoms with Gasteiger partial charge in [-0.1, -0.05) is 62.1 Å². The molecule has 0 N–H and O–H groups in total. The van der Waals surface area contributed by atoms with Crippen LogP contribution in [0, 0.1) is 0 Å². The van der Waals surface area contributed by atoms with Gasteiger partial charge in [0.1, 0.15) is 5.70 Å². The Bertz CT molecular complexity index is 970. The van der Waals surface area contributed by atoms with Gasteiger partial charge in [-0.2, -0.15) is 0 Å². The van der Waals surface area contributed by atoms with E-state index in [1.54, 1.807) is 16.2 Å². The van der Waals surface area contributed by atoms with E-state index in [4.69, 9.17) is 0 Å². The van der Waals surface area contributed by atoms with Crippen molar-refractivity contribution in [2.45, 2.75) is 51.1 Å². The third-order valence-electron chi connectivity index (χ3n) is 6.99. The van der Waals surface area contributed by atoms with Crippen LogP contribution in [-0.4, -0.2) is 58.7 Å². The minimum absolute atomic E-state index is 0.0457. The first-order valence-corrected chi connectivity index (χ1v) is 12.8. The summed E-state index contributed by atoms with van der Waals surface area (Å²) in [6, 6.07) is 14.5. The topological polar surface area (TPSA) is 43.9 Å².